The van der Waals surface area contributed by atoms with Crippen molar-refractivity contribution in [3.63, 3.8) is 0 Å². The van der Waals surface area contributed by atoms with Gasteiger partial charge >= 0.3 is 5.97 Å². The molecule has 1 amide bonds. The third kappa shape index (κ3) is 8.70. The Morgan fingerprint density at radius 2 is 1.71 bits per heavy atom. The summed E-state index contributed by atoms with van der Waals surface area (Å²) in [6.45, 7) is 5.53. The summed E-state index contributed by atoms with van der Waals surface area (Å²) in [5.74, 6) is 0.306. The predicted octanol–water partition coefficient (Wildman–Crippen LogP) is 4.06. The number of amides is 1. The van der Waals surface area contributed by atoms with E-state index in [0.29, 0.717) is 44.0 Å². The second-order valence-corrected chi connectivity index (χ2v) is 7.61. The number of carbonyl (C=O) groups excluding carboxylic acids is 2. The summed E-state index contributed by atoms with van der Waals surface area (Å²) >= 11 is 0. The van der Waals surface area contributed by atoms with E-state index in [1.807, 2.05) is 61.5 Å². The number of ether oxygens (including phenoxy) is 2. The lowest BCUT2D eigenvalue weighted by Gasteiger charge is -2.16. The molecule has 3 aromatic rings. The van der Waals surface area contributed by atoms with Crippen molar-refractivity contribution < 1.29 is 19.1 Å². The van der Waals surface area contributed by atoms with Gasteiger partial charge in [-0.15, -0.1) is 12.4 Å². The molecule has 0 spiro atoms. The molecule has 0 aliphatic rings. The molecule has 0 aliphatic carbocycles. The van der Waals surface area contributed by atoms with Crippen molar-refractivity contribution in [3.8, 4) is 17.0 Å². The van der Waals surface area contributed by atoms with Crippen molar-refractivity contribution in [1.82, 2.24) is 15.6 Å². The Balaban J connectivity index is 0.00000432. The van der Waals surface area contributed by atoms with Crippen LogP contribution in [-0.2, 0) is 16.0 Å². The zero-order chi connectivity index (χ0) is 24.2. The Bertz CT molecular complexity index is 1040. The lowest BCUT2D eigenvalue weighted by molar-refractivity contribution is -0.145. The first-order chi connectivity index (χ1) is 16.6. The number of nitrogens with one attached hydrogen (secondary N) is 2. The van der Waals surface area contributed by atoms with E-state index in [-0.39, 0.29) is 30.3 Å². The minimum atomic E-state index is -0.370. The first-order valence-electron chi connectivity index (χ1n) is 11.5. The number of rotatable bonds is 12. The van der Waals surface area contributed by atoms with E-state index >= 15 is 0 Å². The number of hydrogen-bond donors (Lipinski definition) is 2. The number of benzene rings is 2. The molecule has 2 aromatic carbocycles. The lowest BCUT2D eigenvalue weighted by atomic mass is 10.1. The predicted molar refractivity (Wildman–Crippen MR) is 139 cm³/mol. The summed E-state index contributed by atoms with van der Waals surface area (Å²) < 4.78 is 10.9. The third-order valence-electron chi connectivity index (χ3n) is 5.15. The Morgan fingerprint density at radius 3 is 2.34 bits per heavy atom. The number of pyridine rings is 1. The Labute approximate surface area is 212 Å². The summed E-state index contributed by atoms with van der Waals surface area (Å²) in [6.07, 6.45) is 2.29. The molecule has 1 heterocycles. The standard InChI is InChI=1S/C27H31N3O4.ClH/c1-3-28-25(27(32)33-4-2)19-20-8-14-23(15-9-20)34-18-17-30-26(31)22-12-10-21(11-13-22)24-7-5-6-16-29-24;/h5-16,25,28H,3-4,17-19H2,1-2H3,(H,30,31);1H. The second-order valence-electron chi connectivity index (χ2n) is 7.61. The van der Waals surface area contributed by atoms with Crippen molar-refractivity contribution >= 4 is 24.3 Å². The maximum absolute atomic E-state index is 12.4. The summed E-state index contributed by atoms with van der Waals surface area (Å²) in [4.78, 5) is 28.8. The van der Waals surface area contributed by atoms with Crippen LogP contribution in [0.5, 0.6) is 5.75 Å². The van der Waals surface area contributed by atoms with Crippen molar-refractivity contribution in [1.29, 1.82) is 0 Å². The average Bonchev–Trinajstić information content (AvgIpc) is 2.88. The molecule has 0 saturated heterocycles. The number of halogens is 1. The molecule has 3 rings (SSSR count). The molecule has 8 heteroatoms. The topological polar surface area (TPSA) is 89.5 Å². The van der Waals surface area contributed by atoms with E-state index in [9.17, 15) is 9.59 Å². The van der Waals surface area contributed by atoms with Crippen LogP contribution in [0.15, 0.2) is 72.9 Å². The number of esters is 1. The fraction of sp³-hybridized carbons (Fsp3) is 0.296. The maximum Gasteiger partial charge on any atom is 0.323 e. The maximum atomic E-state index is 12.4. The van der Waals surface area contributed by atoms with Crippen LogP contribution in [0.1, 0.15) is 29.8 Å². The van der Waals surface area contributed by atoms with Crippen molar-refractivity contribution in [2.24, 2.45) is 0 Å². The second kappa shape index (κ2) is 14.8. The van der Waals surface area contributed by atoms with E-state index in [1.165, 1.54) is 0 Å². The van der Waals surface area contributed by atoms with Crippen LogP contribution in [0.25, 0.3) is 11.3 Å². The van der Waals surface area contributed by atoms with E-state index in [1.54, 1.807) is 25.3 Å². The molecule has 2 N–H and O–H groups in total. The lowest BCUT2D eigenvalue weighted by Crippen LogP contribution is -2.39. The molecular weight excluding hydrogens is 466 g/mol. The van der Waals surface area contributed by atoms with Gasteiger partial charge in [0.15, 0.2) is 0 Å². The van der Waals surface area contributed by atoms with Crippen LogP contribution in [0.2, 0.25) is 0 Å². The average molecular weight is 498 g/mol. The van der Waals surface area contributed by atoms with Gasteiger partial charge in [0.2, 0.25) is 0 Å². The SMILES string of the molecule is CCNC(Cc1ccc(OCCNC(=O)c2ccc(-c3ccccn3)cc2)cc1)C(=O)OCC.Cl. The van der Waals surface area contributed by atoms with Crippen molar-refractivity contribution in [3.05, 3.63) is 84.1 Å². The largest absolute Gasteiger partial charge is 0.492 e. The normalized spacial score (nSPS) is 11.1. The summed E-state index contributed by atoms with van der Waals surface area (Å²) in [5.41, 5.74) is 3.42. The fourth-order valence-corrected chi connectivity index (χ4v) is 3.45. The minimum Gasteiger partial charge on any atom is -0.492 e. The molecule has 7 nitrogen and oxygen atoms in total. The minimum absolute atomic E-state index is 0. The van der Waals surface area contributed by atoms with Crippen molar-refractivity contribution in [2.45, 2.75) is 26.3 Å². The van der Waals surface area contributed by atoms with Crippen LogP contribution >= 0.6 is 12.4 Å². The number of likely N-dealkylation sites (N-methyl/N-ethyl adjacent to an activating group) is 1. The summed E-state index contributed by atoms with van der Waals surface area (Å²) in [6, 6.07) is 20.3. The third-order valence-corrected chi connectivity index (χ3v) is 5.15. The van der Waals surface area contributed by atoms with E-state index < -0.39 is 0 Å². The van der Waals surface area contributed by atoms with Gasteiger partial charge in [-0.05, 0) is 61.9 Å². The fourth-order valence-electron chi connectivity index (χ4n) is 3.45. The van der Waals surface area contributed by atoms with E-state index in [0.717, 1.165) is 16.8 Å². The highest BCUT2D eigenvalue weighted by atomic mass is 35.5. The molecule has 1 atom stereocenters. The number of aromatic nitrogens is 1. The number of nitrogens with zero attached hydrogens (tertiary/aromatic N) is 1. The zero-order valence-electron chi connectivity index (χ0n) is 20.0. The van der Waals surface area contributed by atoms with Gasteiger partial charge < -0.3 is 20.1 Å². The Morgan fingerprint density at radius 1 is 0.971 bits per heavy atom. The van der Waals surface area contributed by atoms with Gasteiger partial charge in [-0.1, -0.05) is 37.3 Å². The van der Waals surface area contributed by atoms with Gasteiger partial charge in [-0.3, -0.25) is 14.6 Å². The number of carbonyl (C=O) groups is 2. The molecule has 0 aliphatic heterocycles. The molecule has 0 saturated carbocycles. The van der Waals surface area contributed by atoms with Gasteiger partial charge in [0.05, 0.1) is 18.8 Å². The highest BCUT2D eigenvalue weighted by Gasteiger charge is 2.18. The van der Waals surface area contributed by atoms with Crippen molar-refractivity contribution in [2.75, 3.05) is 26.3 Å². The quantitative estimate of drug-likeness (QED) is 0.290. The highest BCUT2D eigenvalue weighted by Crippen LogP contribution is 2.17. The zero-order valence-corrected chi connectivity index (χ0v) is 20.8. The van der Waals surface area contributed by atoms with Gasteiger partial charge in [0, 0.05) is 17.3 Å². The van der Waals surface area contributed by atoms with E-state index in [4.69, 9.17) is 9.47 Å². The molecule has 0 fully saturated rings. The van der Waals surface area contributed by atoms with Crippen LogP contribution in [0, 0.1) is 0 Å². The first-order valence-corrected chi connectivity index (χ1v) is 11.5. The first kappa shape index (κ1) is 27.8. The Kier molecular flexibility index (Phi) is 11.7. The van der Waals surface area contributed by atoms with Gasteiger partial charge in [-0.25, -0.2) is 0 Å². The summed E-state index contributed by atoms with van der Waals surface area (Å²) in [5, 5.41) is 6.02. The van der Waals surface area contributed by atoms with Gasteiger partial charge in [0.25, 0.3) is 5.91 Å². The van der Waals surface area contributed by atoms with Gasteiger partial charge in [0.1, 0.15) is 18.4 Å². The highest BCUT2D eigenvalue weighted by molar-refractivity contribution is 5.94. The van der Waals surface area contributed by atoms with E-state index in [2.05, 4.69) is 15.6 Å². The van der Waals surface area contributed by atoms with Crippen LogP contribution in [0.3, 0.4) is 0 Å². The van der Waals surface area contributed by atoms with Crippen LogP contribution in [-0.4, -0.2) is 49.2 Å². The molecular formula is C27H32ClN3O4. The molecule has 186 valence electrons. The molecule has 35 heavy (non-hydrogen) atoms. The smallest absolute Gasteiger partial charge is 0.323 e. The van der Waals surface area contributed by atoms with Crippen LogP contribution < -0.4 is 15.4 Å². The molecule has 0 radical (unpaired) electrons. The monoisotopic (exact) mass is 497 g/mol. The van der Waals surface area contributed by atoms with Gasteiger partial charge in [-0.2, -0.15) is 0 Å². The number of hydrogen-bond acceptors (Lipinski definition) is 6. The molecule has 0 bridgehead atoms. The molecule has 1 aromatic heterocycles. The molecule has 1 unspecified atom stereocenters. The summed E-state index contributed by atoms with van der Waals surface area (Å²) in [7, 11) is 0. The Hall–Kier alpha value is -3.42. The van der Waals surface area contributed by atoms with Crippen LogP contribution in [0.4, 0.5) is 0 Å².